The molecule has 3 unspecified atom stereocenters. The fraction of sp³-hybridized carbons (Fsp3) is 0.818. The van der Waals surface area contributed by atoms with E-state index >= 15 is 0 Å². The van der Waals surface area contributed by atoms with E-state index < -0.39 is 0 Å². The minimum absolute atomic E-state index is 0.220. The van der Waals surface area contributed by atoms with E-state index in [1.165, 1.54) is 18.4 Å². The lowest BCUT2D eigenvalue weighted by Gasteiger charge is -2.35. The van der Waals surface area contributed by atoms with Gasteiger partial charge in [0.05, 0.1) is 12.2 Å². The van der Waals surface area contributed by atoms with E-state index in [-0.39, 0.29) is 12.2 Å². The van der Waals surface area contributed by atoms with Crippen LogP contribution in [0.4, 0.5) is 0 Å². The molecule has 0 heterocycles. The summed E-state index contributed by atoms with van der Waals surface area (Å²) in [6, 6.07) is 0. The highest BCUT2D eigenvalue weighted by molar-refractivity contribution is 5.19. The molecule has 1 fully saturated rings. The van der Waals surface area contributed by atoms with E-state index in [1.54, 1.807) is 7.11 Å². The fourth-order valence-electron chi connectivity index (χ4n) is 2.63. The van der Waals surface area contributed by atoms with Gasteiger partial charge < -0.3 is 9.84 Å². The number of aliphatic hydroxyl groups excluding tert-OH is 1. The van der Waals surface area contributed by atoms with Crippen molar-refractivity contribution in [3.63, 3.8) is 0 Å². The van der Waals surface area contributed by atoms with Crippen LogP contribution in [0.2, 0.25) is 0 Å². The molecule has 0 aromatic carbocycles. The Morgan fingerprint density at radius 3 is 2.92 bits per heavy atom. The van der Waals surface area contributed by atoms with Crippen LogP contribution in [0.5, 0.6) is 0 Å². The highest BCUT2D eigenvalue weighted by Crippen LogP contribution is 2.37. The lowest BCUT2D eigenvalue weighted by molar-refractivity contribution is 0.0831. The van der Waals surface area contributed by atoms with Crippen LogP contribution in [-0.4, -0.2) is 24.4 Å². The number of aliphatic hydroxyl groups is 1. The van der Waals surface area contributed by atoms with Gasteiger partial charge in [0.25, 0.3) is 0 Å². The van der Waals surface area contributed by atoms with Crippen molar-refractivity contribution in [2.24, 2.45) is 5.92 Å². The Hall–Kier alpha value is -0.340. The number of hydrogen-bond acceptors (Lipinski definition) is 2. The first-order chi connectivity index (χ1) is 6.31. The second-order valence-corrected chi connectivity index (χ2v) is 4.16. The molecule has 2 aliphatic rings. The van der Waals surface area contributed by atoms with Gasteiger partial charge in [0.2, 0.25) is 0 Å². The quantitative estimate of drug-likeness (QED) is 0.627. The lowest BCUT2D eigenvalue weighted by Crippen LogP contribution is -2.30. The molecule has 2 rings (SSSR count). The summed E-state index contributed by atoms with van der Waals surface area (Å²) in [5.74, 6) is 0.696. The van der Waals surface area contributed by atoms with Crippen LogP contribution < -0.4 is 0 Å². The third kappa shape index (κ3) is 1.79. The zero-order valence-electron chi connectivity index (χ0n) is 8.20. The summed E-state index contributed by atoms with van der Waals surface area (Å²) < 4.78 is 5.43. The summed E-state index contributed by atoms with van der Waals surface area (Å²) >= 11 is 0. The molecule has 2 nitrogen and oxygen atoms in total. The van der Waals surface area contributed by atoms with Crippen molar-refractivity contribution in [2.45, 2.75) is 44.3 Å². The van der Waals surface area contributed by atoms with Crippen LogP contribution in [-0.2, 0) is 4.74 Å². The average Bonchev–Trinajstić information content (AvgIpc) is 2.17. The lowest BCUT2D eigenvalue weighted by atomic mass is 9.75. The molecule has 74 valence electrons. The first kappa shape index (κ1) is 9.22. The molecule has 3 atom stereocenters. The van der Waals surface area contributed by atoms with Gasteiger partial charge in [-0.05, 0) is 43.6 Å². The molecule has 0 spiro atoms. The van der Waals surface area contributed by atoms with E-state index in [0.29, 0.717) is 5.92 Å². The maximum atomic E-state index is 9.53. The van der Waals surface area contributed by atoms with Crippen LogP contribution in [0.15, 0.2) is 11.6 Å². The number of hydrogen-bond donors (Lipinski definition) is 1. The number of rotatable bonds is 1. The van der Waals surface area contributed by atoms with Crippen molar-refractivity contribution in [1.29, 1.82) is 0 Å². The van der Waals surface area contributed by atoms with Crippen molar-refractivity contribution in [1.82, 2.24) is 0 Å². The molecule has 0 aliphatic heterocycles. The molecular formula is C11H18O2. The average molecular weight is 182 g/mol. The first-order valence-electron chi connectivity index (χ1n) is 5.23. The van der Waals surface area contributed by atoms with Gasteiger partial charge in [-0.3, -0.25) is 0 Å². The van der Waals surface area contributed by atoms with Crippen molar-refractivity contribution in [3.8, 4) is 0 Å². The van der Waals surface area contributed by atoms with Crippen molar-refractivity contribution >= 4 is 0 Å². The first-order valence-corrected chi connectivity index (χ1v) is 5.23. The maximum absolute atomic E-state index is 9.53. The van der Waals surface area contributed by atoms with Crippen LogP contribution in [0.1, 0.15) is 32.1 Å². The minimum atomic E-state index is -0.220. The molecule has 1 saturated carbocycles. The summed E-state index contributed by atoms with van der Waals surface area (Å²) in [5.41, 5.74) is 1.37. The van der Waals surface area contributed by atoms with E-state index in [2.05, 4.69) is 0 Å². The van der Waals surface area contributed by atoms with Crippen molar-refractivity contribution < 1.29 is 9.84 Å². The molecule has 13 heavy (non-hydrogen) atoms. The second kappa shape index (κ2) is 3.81. The summed E-state index contributed by atoms with van der Waals surface area (Å²) in [4.78, 5) is 0. The minimum Gasteiger partial charge on any atom is -0.389 e. The monoisotopic (exact) mass is 182 g/mol. The van der Waals surface area contributed by atoms with Crippen molar-refractivity contribution in [2.75, 3.05) is 7.11 Å². The predicted octanol–water partition coefficient (Wildman–Crippen LogP) is 1.88. The van der Waals surface area contributed by atoms with Gasteiger partial charge >= 0.3 is 0 Å². The van der Waals surface area contributed by atoms with Gasteiger partial charge in [0.1, 0.15) is 0 Å². The molecule has 0 saturated heterocycles. The topological polar surface area (TPSA) is 29.5 Å². The summed E-state index contributed by atoms with van der Waals surface area (Å²) in [5, 5.41) is 9.53. The highest BCUT2D eigenvalue weighted by Gasteiger charge is 2.30. The van der Waals surface area contributed by atoms with E-state index in [9.17, 15) is 5.11 Å². The fourth-order valence-corrected chi connectivity index (χ4v) is 2.63. The molecule has 0 bridgehead atoms. The molecule has 0 amide bonds. The van der Waals surface area contributed by atoms with E-state index in [4.69, 9.17) is 4.74 Å². The normalized spacial score (nSPS) is 39.5. The van der Waals surface area contributed by atoms with Gasteiger partial charge in [-0.15, -0.1) is 0 Å². The van der Waals surface area contributed by atoms with Crippen LogP contribution >= 0.6 is 0 Å². The summed E-state index contributed by atoms with van der Waals surface area (Å²) in [6.45, 7) is 0. The molecular weight excluding hydrogens is 164 g/mol. The Morgan fingerprint density at radius 2 is 2.15 bits per heavy atom. The predicted molar refractivity (Wildman–Crippen MR) is 51.5 cm³/mol. The zero-order chi connectivity index (χ0) is 9.26. The second-order valence-electron chi connectivity index (χ2n) is 4.16. The SMILES string of the molecule is COC1CCCC2CCC(O)C=C21. The molecule has 0 aromatic rings. The molecule has 2 heteroatoms. The van der Waals surface area contributed by atoms with Gasteiger partial charge in [0.15, 0.2) is 0 Å². The van der Waals surface area contributed by atoms with E-state index in [1.807, 2.05) is 6.08 Å². The molecule has 2 aliphatic carbocycles. The van der Waals surface area contributed by atoms with Crippen LogP contribution in [0, 0.1) is 5.92 Å². The molecule has 0 radical (unpaired) electrons. The Labute approximate surface area is 79.6 Å². The molecule has 1 N–H and O–H groups in total. The third-order valence-electron chi connectivity index (χ3n) is 3.34. The molecule has 0 aromatic heterocycles. The Morgan fingerprint density at radius 1 is 1.31 bits per heavy atom. The summed E-state index contributed by atoms with van der Waals surface area (Å²) in [7, 11) is 1.77. The Bertz CT molecular complexity index is 210. The van der Waals surface area contributed by atoms with Gasteiger partial charge in [-0.1, -0.05) is 6.08 Å². The van der Waals surface area contributed by atoms with Crippen molar-refractivity contribution in [3.05, 3.63) is 11.6 Å². The largest absolute Gasteiger partial charge is 0.389 e. The van der Waals surface area contributed by atoms with Crippen LogP contribution in [0.3, 0.4) is 0 Å². The van der Waals surface area contributed by atoms with E-state index in [0.717, 1.165) is 19.3 Å². The smallest absolute Gasteiger partial charge is 0.0784 e. The standard InChI is InChI=1S/C11H18O2/c1-13-11-4-2-3-8-5-6-9(12)7-10(8)11/h7-9,11-12H,2-6H2,1H3. The van der Waals surface area contributed by atoms with Gasteiger partial charge in [-0.2, -0.15) is 0 Å². The van der Waals surface area contributed by atoms with Gasteiger partial charge in [-0.25, -0.2) is 0 Å². The number of ether oxygens (including phenoxy) is 1. The van der Waals surface area contributed by atoms with Gasteiger partial charge in [0, 0.05) is 7.11 Å². The number of methoxy groups -OCH3 is 1. The summed E-state index contributed by atoms with van der Waals surface area (Å²) in [6.07, 6.45) is 7.87. The zero-order valence-corrected chi connectivity index (χ0v) is 8.20. The highest BCUT2D eigenvalue weighted by atomic mass is 16.5. The Kier molecular flexibility index (Phi) is 2.70. The van der Waals surface area contributed by atoms with Crippen LogP contribution in [0.25, 0.3) is 0 Å². The number of fused-ring (bicyclic) bond motifs is 1. The Balaban J connectivity index is 2.16. The maximum Gasteiger partial charge on any atom is 0.0784 e. The third-order valence-corrected chi connectivity index (χ3v) is 3.34.